The van der Waals surface area contributed by atoms with Gasteiger partial charge in [0.05, 0.1) is 17.4 Å². The maximum Gasteiger partial charge on any atom is 0.222 e. The highest BCUT2D eigenvalue weighted by molar-refractivity contribution is 5.69. The molecule has 0 spiro atoms. The van der Waals surface area contributed by atoms with Gasteiger partial charge in [-0.15, -0.1) is 0 Å². The maximum atomic E-state index is 10.5. The van der Waals surface area contributed by atoms with Crippen molar-refractivity contribution in [1.29, 1.82) is 0 Å². The molecule has 0 bridgehead atoms. The van der Waals surface area contributed by atoms with Crippen LogP contribution in [0.2, 0.25) is 0 Å². The molecule has 0 saturated carbocycles. The molecule has 3 rings (SSSR count). The highest BCUT2D eigenvalue weighted by Crippen LogP contribution is 2.31. The van der Waals surface area contributed by atoms with Crippen molar-refractivity contribution in [2.45, 2.75) is 20.8 Å². The molecule has 3 nitrogen and oxygen atoms in total. The molecule has 3 aromatic rings. The summed E-state index contributed by atoms with van der Waals surface area (Å²) in [4.78, 5) is 0. The lowest BCUT2D eigenvalue weighted by atomic mass is 10.1. The summed E-state index contributed by atoms with van der Waals surface area (Å²) in [7, 11) is 0. The predicted molar refractivity (Wildman–Crippen MR) is 84.9 cm³/mol. The first kappa shape index (κ1) is 13.4. The molecule has 0 fully saturated rings. The molecule has 1 N–H and O–H groups in total. The Morgan fingerprint density at radius 2 is 1.62 bits per heavy atom. The molecule has 0 atom stereocenters. The second kappa shape index (κ2) is 5.09. The number of aryl methyl sites for hydroxylation is 3. The fourth-order valence-electron chi connectivity index (χ4n) is 2.33. The van der Waals surface area contributed by atoms with Crippen LogP contribution in [0.3, 0.4) is 0 Å². The van der Waals surface area contributed by atoms with Crippen LogP contribution in [0.5, 0.6) is 5.88 Å². The van der Waals surface area contributed by atoms with Gasteiger partial charge in [0.15, 0.2) is 0 Å². The third-order valence-corrected chi connectivity index (χ3v) is 3.84. The molecule has 106 valence electrons. The van der Waals surface area contributed by atoms with E-state index >= 15 is 0 Å². The zero-order chi connectivity index (χ0) is 15.0. The second-order valence-electron chi connectivity index (χ2n) is 5.43. The summed E-state index contributed by atoms with van der Waals surface area (Å²) < 4.78 is 1.57. The molecule has 3 heteroatoms. The van der Waals surface area contributed by atoms with Crippen LogP contribution in [0.1, 0.15) is 16.7 Å². The molecular weight excluding hydrogens is 260 g/mol. The van der Waals surface area contributed by atoms with E-state index in [2.05, 4.69) is 18.9 Å². The number of hydrogen-bond acceptors (Lipinski definition) is 2. The summed E-state index contributed by atoms with van der Waals surface area (Å²) in [6.45, 7) is 6.17. The third-order valence-electron chi connectivity index (χ3n) is 3.84. The van der Waals surface area contributed by atoms with Gasteiger partial charge in [-0.2, -0.15) is 5.10 Å². The first-order valence-electron chi connectivity index (χ1n) is 6.98. The number of aromatic nitrogens is 2. The van der Waals surface area contributed by atoms with E-state index in [0.29, 0.717) is 0 Å². The van der Waals surface area contributed by atoms with Crippen molar-refractivity contribution < 1.29 is 5.11 Å². The molecule has 0 aliphatic heterocycles. The van der Waals surface area contributed by atoms with Crippen LogP contribution in [0.25, 0.3) is 16.8 Å². The van der Waals surface area contributed by atoms with Crippen LogP contribution in [0.4, 0.5) is 0 Å². The van der Waals surface area contributed by atoms with Gasteiger partial charge in [-0.05, 0) is 49.6 Å². The van der Waals surface area contributed by atoms with Crippen molar-refractivity contribution in [3.63, 3.8) is 0 Å². The molecule has 0 radical (unpaired) electrons. The van der Waals surface area contributed by atoms with Crippen LogP contribution in [-0.4, -0.2) is 14.9 Å². The van der Waals surface area contributed by atoms with Gasteiger partial charge in [-0.25, -0.2) is 4.68 Å². The maximum absolute atomic E-state index is 10.5. The van der Waals surface area contributed by atoms with E-state index in [9.17, 15) is 5.11 Å². The third kappa shape index (κ3) is 2.42. The average molecular weight is 278 g/mol. The van der Waals surface area contributed by atoms with E-state index in [4.69, 9.17) is 0 Å². The molecule has 0 amide bonds. The van der Waals surface area contributed by atoms with Gasteiger partial charge in [-0.1, -0.05) is 35.9 Å². The molecule has 2 aromatic carbocycles. The molecule has 0 aliphatic rings. The summed E-state index contributed by atoms with van der Waals surface area (Å²) in [6, 6.07) is 14.1. The van der Waals surface area contributed by atoms with Gasteiger partial charge in [0.25, 0.3) is 0 Å². The van der Waals surface area contributed by atoms with Crippen molar-refractivity contribution >= 4 is 0 Å². The Hall–Kier alpha value is -2.55. The number of rotatable bonds is 2. The van der Waals surface area contributed by atoms with Crippen LogP contribution in [0.15, 0.2) is 48.7 Å². The summed E-state index contributed by atoms with van der Waals surface area (Å²) >= 11 is 0. The van der Waals surface area contributed by atoms with Crippen LogP contribution < -0.4 is 0 Å². The normalized spacial score (nSPS) is 10.8. The summed E-state index contributed by atoms with van der Waals surface area (Å²) in [5, 5.41) is 14.8. The van der Waals surface area contributed by atoms with E-state index in [1.165, 1.54) is 16.7 Å². The van der Waals surface area contributed by atoms with Crippen LogP contribution in [0, 0.1) is 20.8 Å². The largest absolute Gasteiger partial charge is 0.493 e. The highest BCUT2D eigenvalue weighted by atomic mass is 16.3. The minimum absolute atomic E-state index is 0.169. The molecule has 21 heavy (non-hydrogen) atoms. The second-order valence-corrected chi connectivity index (χ2v) is 5.43. The number of aromatic hydroxyl groups is 1. The summed E-state index contributed by atoms with van der Waals surface area (Å²) in [5.74, 6) is 0.169. The minimum Gasteiger partial charge on any atom is -0.493 e. The first-order valence-corrected chi connectivity index (χ1v) is 6.98. The van der Waals surface area contributed by atoms with Gasteiger partial charge in [0.2, 0.25) is 5.88 Å². The first-order chi connectivity index (χ1) is 10.1. The molecular formula is C18H18N2O. The number of hydrogen-bond donors (Lipinski definition) is 1. The van der Waals surface area contributed by atoms with Crippen molar-refractivity contribution in [2.75, 3.05) is 0 Å². The Balaban J connectivity index is 2.06. The van der Waals surface area contributed by atoms with E-state index < -0.39 is 0 Å². The predicted octanol–water partition coefficient (Wildman–Crippen LogP) is 4.17. The quantitative estimate of drug-likeness (QED) is 0.764. The smallest absolute Gasteiger partial charge is 0.222 e. The van der Waals surface area contributed by atoms with E-state index in [1.54, 1.807) is 10.9 Å². The zero-order valence-corrected chi connectivity index (χ0v) is 12.5. The Kier molecular flexibility index (Phi) is 3.26. The van der Waals surface area contributed by atoms with E-state index in [0.717, 1.165) is 16.8 Å². The standard InChI is InChI=1S/C18H18N2O/c1-12-4-7-15(8-5-12)17-11-19-20(18(17)21)16-9-6-13(2)14(3)10-16/h4-11,21H,1-3H3. The topological polar surface area (TPSA) is 38.0 Å². The van der Waals surface area contributed by atoms with E-state index in [1.807, 2.05) is 49.4 Å². The monoisotopic (exact) mass is 278 g/mol. The van der Waals surface area contributed by atoms with Crippen molar-refractivity contribution in [3.05, 3.63) is 65.4 Å². The van der Waals surface area contributed by atoms with E-state index in [-0.39, 0.29) is 5.88 Å². The van der Waals surface area contributed by atoms with Gasteiger partial charge in [-0.3, -0.25) is 0 Å². The Morgan fingerprint density at radius 3 is 2.29 bits per heavy atom. The van der Waals surface area contributed by atoms with Gasteiger partial charge in [0.1, 0.15) is 0 Å². The molecule has 1 heterocycles. The van der Waals surface area contributed by atoms with Gasteiger partial charge < -0.3 is 5.11 Å². The van der Waals surface area contributed by atoms with Crippen LogP contribution >= 0.6 is 0 Å². The molecule has 0 aliphatic carbocycles. The molecule has 0 saturated heterocycles. The fourth-order valence-corrected chi connectivity index (χ4v) is 2.33. The Morgan fingerprint density at radius 1 is 0.905 bits per heavy atom. The number of benzene rings is 2. The Bertz CT molecular complexity index is 785. The van der Waals surface area contributed by atoms with Crippen LogP contribution in [-0.2, 0) is 0 Å². The lowest BCUT2D eigenvalue weighted by Gasteiger charge is -2.07. The zero-order valence-electron chi connectivity index (χ0n) is 12.5. The van der Waals surface area contributed by atoms with Gasteiger partial charge >= 0.3 is 0 Å². The lowest BCUT2D eigenvalue weighted by molar-refractivity contribution is 0.435. The number of nitrogens with zero attached hydrogens (tertiary/aromatic N) is 2. The van der Waals surface area contributed by atoms with Gasteiger partial charge in [0, 0.05) is 0 Å². The fraction of sp³-hybridized carbons (Fsp3) is 0.167. The SMILES string of the molecule is Cc1ccc(-c2cnn(-c3ccc(C)c(C)c3)c2O)cc1. The lowest BCUT2D eigenvalue weighted by Crippen LogP contribution is -1.96. The molecule has 1 aromatic heterocycles. The van der Waals surface area contributed by atoms with Crippen molar-refractivity contribution in [3.8, 4) is 22.7 Å². The summed E-state index contributed by atoms with van der Waals surface area (Å²) in [5.41, 5.74) is 6.18. The average Bonchev–Trinajstić information content (AvgIpc) is 2.85. The summed E-state index contributed by atoms with van der Waals surface area (Å²) in [6.07, 6.45) is 1.70. The highest BCUT2D eigenvalue weighted by Gasteiger charge is 2.13. The minimum atomic E-state index is 0.169. The van der Waals surface area contributed by atoms with Crippen molar-refractivity contribution in [1.82, 2.24) is 9.78 Å². The molecule has 0 unspecified atom stereocenters. The Labute approximate surface area is 124 Å². The van der Waals surface area contributed by atoms with Crippen molar-refractivity contribution in [2.24, 2.45) is 0 Å².